The molecule has 6 nitrogen and oxygen atoms in total. The summed E-state index contributed by atoms with van der Waals surface area (Å²) in [6.07, 6.45) is 42.4. The normalized spacial score (nSPS) is 12.6. The number of hydrogen-bond acceptors (Lipinski definition) is 6. The van der Waals surface area contributed by atoms with Gasteiger partial charge in [0.25, 0.3) is 0 Å². The number of rotatable bonds is 45. The van der Waals surface area contributed by atoms with Gasteiger partial charge >= 0.3 is 17.9 Å². The van der Waals surface area contributed by atoms with Crippen LogP contribution in [-0.2, 0) is 28.6 Å². The minimum atomic E-state index is -0.763. The number of carbonyl (C=O) groups is 3. The van der Waals surface area contributed by atoms with E-state index in [1.165, 1.54) is 161 Å². The van der Waals surface area contributed by atoms with Crippen molar-refractivity contribution in [3.8, 4) is 0 Å². The van der Waals surface area contributed by atoms with Crippen LogP contribution in [0.25, 0.3) is 0 Å². The molecular weight excluding hydrogens is 721 g/mol. The van der Waals surface area contributed by atoms with Gasteiger partial charge in [-0.2, -0.15) is 0 Å². The van der Waals surface area contributed by atoms with Gasteiger partial charge in [-0.3, -0.25) is 14.4 Å². The van der Waals surface area contributed by atoms with Crippen molar-refractivity contribution in [1.82, 2.24) is 0 Å². The molecule has 0 rings (SSSR count). The highest BCUT2D eigenvalue weighted by Crippen LogP contribution is 2.18. The molecule has 0 fully saturated rings. The Bertz CT molecular complexity index is 900. The zero-order valence-corrected chi connectivity index (χ0v) is 39.8. The van der Waals surface area contributed by atoms with E-state index in [2.05, 4.69) is 41.5 Å². The van der Waals surface area contributed by atoms with Crippen LogP contribution in [0.2, 0.25) is 0 Å². The fourth-order valence-corrected chi connectivity index (χ4v) is 7.73. The van der Waals surface area contributed by atoms with Gasteiger partial charge in [0, 0.05) is 19.3 Å². The Hall–Kier alpha value is -1.59. The van der Waals surface area contributed by atoms with Crippen LogP contribution in [0.15, 0.2) is 0 Å². The minimum absolute atomic E-state index is 0.0654. The lowest BCUT2D eigenvalue weighted by atomic mass is 9.99. The molecule has 0 aromatic heterocycles. The van der Waals surface area contributed by atoms with Gasteiger partial charge in [-0.1, -0.05) is 241 Å². The third-order valence-corrected chi connectivity index (χ3v) is 12.0. The average Bonchev–Trinajstić information content (AvgIpc) is 3.19. The molecular formula is C52H100O6. The van der Waals surface area contributed by atoms with Crippen molar-refractivity contribution in [1.29, 1.82) is 0 Å². The average molecular weight is 821 g/mol. The lowest BCUT2D eigenvalue weighted by Gasteiger charge is -2.18. The fourth-order valence-electron chi connectivity index (χ4n) is 7.73. The maximum atomic E-state index is 12.7. The molecule has 0 heterocycles. The molecule has 0 radical (unpaired) electrons. The Morgan fingerprint density at radius 2 is 0.603 bits per heavy atom. The van der Waals surface area contributed by atoms with Gasteiger partial charge in [0.2, 0.25) is 0 Å². The highest BCUT2D eigenvalue weighted by molar-refractivity contribution is 5.71. The topological polar surface area (TPSA) is 78.9 Å². The Morgan fingerprint density at radius 1 is 0.345 bits per heavy atom. The largest absolute Gasteiger partial charge is 0.462 e. The summed E-state index contributed by atoms with van der Waals surface area (Å²) in [4.78, 5) is 37.9. The predicted molar refractivity (Wildman–Crippen MR) is 247 cm³/mol. The summed E-state index contributed by atoms with van der Waals surface area (Å²) in [7, 11) is 0. The summed E-state index contributed by atoms with van der Waals surface area (Å²) in [5.41, 5.74) is 0. The van der Waals surface area contributed by atoms with Gasteiger partial charge in [-0.25, -0.2) is 0 Å². The maximum Gasteiger partial charge on any atom is 0.306 e. The van der Waals surface area contributed by atoms with Gasteiger partial charge in [-0.05, 0) is 37.0 Å². The van der Waals surface area contributed by atoms with Crippen LogP contribution in [-0.4, -0.2) is 37.2 Å². The molecule has 0 aliphatic carbocycles. The van der Waals surface area contributed by atoms with E-state index in [4.69, 9.17) is 14.2 Å². The quantitative estimate of drug-likeness (QED) is 0.0346. The molecule has 58 heavy (non-hydrogen) atoms. The summed E-state index contributed by atoms with van der Waals surface area (Å²) in [5, 5.41) is 0. The Kier molecular flexibility index (Phi) is 42.3. The van der Waals surface area contributed by atoms with Gasteiger partial charge in [-0.15, -0.1) is 0 Å². The van der Waals surface area contributed by atoms with Crippen molar-refractivity contribution < 1.29 is 28.6 Å². The van der Waals surface area contributed by atoms with Crippen LogP contribution in [0.4, 0.5) is 0 Å². The first-order valence-corrected chi connectivity index (χ1v) is 25.6. The summed E-state index contributed by atoms with van der Waals surface area (Å²) >= 11 is 0. The first kappa shape index (κ1) is 56.4. The molecule has 0 aromatic carbocycles. The summed E-state index contributed by atoms with van der Waals surface area (Å²) in [5.74, 6) is 1.63. The Labute approximate surface area is 361 Å². The van der Waals surface area contributed by atoms with Crippen molar-refractivity contribution in [2.75, 3.05) is 13.2 Å². The molecule has 0 spiro atoms. The van der Waals surface area contributed by atoms with Gasteiger partial charge in [0.15, 0.2) is 6.10 Å². The molecule has 344 valence electrons. The lowest BCUT2D eigenvalue weighted by molar-refractivity contribution is -0.167. The Morgan fingerprint density at radius 3 is 0.897 bits per heavy atom. The predicted octanol–water partition coefficient (Wildman–Crippen LogP) is 16.4. The van der Waals surface area contributed by atoms with E-state index in [0.29, 0.717) is 19.3 Å². The van der Waals surface area contributed by atoms with Crippen LogP contribution in [0.1, 0.15) is 279 Å². The molecule has 0 aliphatic rings. The second kappa shape index (κ2) is 43.5. The summed E-state index contributed by atoms with van der Waals surface area (Å²) < 4.78 is 16.8. The van der Waals surface area contributed by atoms with Gasteiger partial charge in [0.05, 0.1) is 0 Å². The minimum Gasteiger partial charge on any atom is -0.462 e. The van der Waals surface area contributed by atoms with Crippen LogP contribution in [0.5, 0.6) is 0 Å². The molecule has 1 unspecified atom stereocenters. The first-order valence-electron chi connectivity index (χ1n) is 25.6. The smallest absolute Gasteiger partial charge is 0.306 e. The molecule has 0 saturated carbocycles. The summed E-state index contributed by atoms with van der Waals surface area (Å²) in [6, 6.07) is 0. The first-order chi connectivity index (χ1) is 28.1. The van der Waals surface area contributed by atoms with E-state index < -0.39 is 6.10 Å². The highest BCUT2D eigenvalue weighted by Gasteiger charge is 2.19. The van der Waals surface area contributed by atoms with E-state index in [1.54, 1.807) is 0 Å². The number of esters is 3. The second-order valence-electron chi connectivity index (χ2n) is 19.0. The number of unbranched alkanes of at least 4 members (excludes halogenated alkanes) is 27. The second-order valence-corrected chi connectivity index (χ2v) is 19.0. The third-order valence-electron chi connectivity index (χ3n) is 12.0. The third kappa shape index (κ3) is 44.0. The monoisotopic (exact) mass is 821 g/mol. The molecule has 0 bridgehead atoms. The van der Waals surface area contributed by atoms with Crippen molar-refractivity contribution in [2.24, 2.45) is 17.8 Å². The van der Waals surface area contributed by atoms with Crippen molar-refractivity contribution in [3.05, 3.63) is 0 Å². The number of hydrogen-bond donors (Lipinski definition) is 0. The van der Waals surface area contributed by atoms with E-state index in [-0.39, 0.29) is 31.1 Å². The van der Waals surface area contributed by atoms with Crippen molar-refractivity contribution in [2.45, 2.75) is 285 Å². The van der Waals surface area contributed by atoms with E-state index in [9.17, 15) is 14.4 Å². The molecule has 0 saturated heterocycles. The van der Waals surface area contributed by atoms with Crippen LogP contribution >= 0.6 is 0 Å². The van der Waals surface area contributed by atoms with Gasteiger partial charge < -0.3 is 14.2 Å². The van der Waals surface area contributed by atoms with Crippen LogP contribution in [0.3, 0.4) is 0 Å². The van der Waals surface area contributed by atoms with Crippen LogP contribution in [0, 0.1) is 17.8 Å². The number of carbonyl (C=O) groups excluding carboxylic acids is 3. The zero-order valence-electron chi connectivity index (χ0n) is 39.8. The zero-order chi connectivity index (χ0) is 42.7. The Balaban J connectivity index is 4.26. The molecule has 0 amide bonds. The maximum absolute atomic E-state index is 12.7. The SMILES string of the molecule is CCC(C)CCCCCCCCCCCCCCCCC(=O)OC[C@@H](COC(=O)CCCCCCCCCC(C)C)OC(=O)CCCCCCCCCCCC(C)C. The standard InChI is InChI=1S/C52H100O6/c1-7-48(6)40-34-28-22-16-12-10-8-9-11-13-17-23-29-35-41-50(53)56-44-49(45-57-51(54)42-36-30-25-19-21-27-33-39-47(4)5)58-52(55)43-37-31-24-18-14-15-20-26-32-38-46(2)3/h46-49H,7-45H2,1-6H3/t48?,49-/m0/s1. The highest BCUT2D eigenvalue weighted by atomic mass is 16.6. The fraction of sp³-hybridized carbons (Fsp3) is 0.942. The molecule has 6 heteroatoms. The van der Waals surface area contributed by atoms with Gasteiger partial charge in [0.1, 0.15) is 13.2 Å². The van der Waals surface area contributed by atoms with Crippen molar-refractivity contribution >= 4 is 17.9 Å². The van der Waals surface area contributed by atoms with Crippen LogP contribution < -0.4 is 0 Å². The molecule has 0 aliphatic heterocycles. The number of ether oxygens (including phenoxy) is 3. The molecule has 0 aromatic rings. The van der Waals surface area contributed by atoms with Crippen molar-refractivity contribution in [3.63, 3.8) is 0 Å². The van der Waals surface area contributed by atoms with E-state index in [0.717, 1.165) is 75.5 Å². The lowest BCUT2D eigenvalue weighted by Crippen LogP contribution is -2.30. The summed E-state index contributed by atoms with van der Waals surface area (Å²) in [6.45, 7) is 13.7. The van der Waals surface area contributed by atoms with E-state index >= 15 is 0 Å². The van der Waals surface area contributed by atoms with E-state index in [1.807, 2.05) is 0 Å². The molecule has 0 N–H and O–H groups in total. The molecule has 2 atom stereocenters.